The van der Waals surface area contributed by atoms with Gasteiger partial charge < -0.3 is 14.7 Å². The molecule has 0 aromatic heterocycles. The minimum absolute atomic E-state index is 0.427. The number of nitrogens with zero attached hydrogens (tertiary/aromatic N) is 2. The molecule has 2 aliphatic rings. The number of aliphatic hydroxyl groups excluding tert-OH is 1. The van der Waals surface area contributed by atoms with Gasteiger partial charge in [-0.25, -0.2) is 0 Å². The third kappa shape index (κ3) is 3.75. The van der Waals surface area contributed by atoms with Crippen LogP contribution >= 0.6 is 0 Å². The minimum atomic E-state index is -4.34. The van der Waals surface area contributed by atoms with E-state index in [9.17, 15) is 18.3 Å². The summed E-state index contributed by atoms with van der Waals surface area (Å²) in [6, 6.07) is 13.1. The van der Waals surface area contributed by atoms with E-state index in [0.717, 1.165) is 17.4 Å². The maximum absolute atomic E-state index is 12.9. The van der Waals surface area contributed by atoms with Gasteiger partial charge in [-0.3, -0.25) is 4.90 Å². The molecule has 0 aliphatic carbocycles. The van der Waals surface area contributed by atoms with Crippen molar-refractivity contribution < 1.29 is 23.0 Å². The molecule has 0 spiro atoms. The lowest BCUT2D eigenvalue weighted by Crippen LogP contribution is -2.57. The van der Waals surface area contributed by atoms with Gasteiger partial charge in [0.1, 0.15) is 11.9 Å². The third-order valence-corrected chi connectivity index (χ3v) is 5.19. The van der Waals surface area contributed by atoms with E-state index in [4.69, 9.17) is 4.74 Å². The molecule has 2 aromatic rings. The number of fused-ring (bicyclic) bond motifs is 1. The van der Waals surface area contributed by atoms with Crippen molar-refractivity contribution in [2.24, 2.45) is 0 Å². The Balaban J connectivity index is 1.42. The monoisotopic (exact) mass is 378 g/mol. The van der Waals surface area contributed by atoms with E-state index in [1.807, 2.05) is 29.2 Å². The van der Waals surface area contributed by atoms with Crippen LogP contribution in [0.15, 0.2) is 48.5 Å². The van der Waals surface area contributed by atoms with Gasteiger partial charge in [0.25, 0.3) is 0 Å². The Morgan fingerprint density at radius 1 is 0.963 bits per heavy atom. The Bertz CT molecular complexity index is 804. The van der Waals surface area contributed by atoms with E-state index >= 15 is 0 Å². The number of halogens is 3. The molecule has 0 amide bonds. The van der Waals surface area contributed by atoms with Gasteiger partial charge in [0.05, 0.1) is 5.56 Å². The quantitative estimate of drug-likeness (QED) is 0.871. The molecule has 1 fully saturated rings. The number of benzene rings is 2. The van der Waals surface area contributed by atoms with E-state index in [1.165, 1.54) is 12.1 Å². The van der Waals surface area contributed by atoms with Gasteiger partial charge in [-0.1, -0.05) is 24.3 Å². The van der Waals surface area contributed by atoms with E-state index in [-0.39, 0.29) is 0 Å². The molecule has 2 atom stereocenters. The number of rotatable bonds is 2. The van der Waals surface area contributed by atoms with Crippen LogP contribution in [0.3, 0.4) is 0 Å². The van der Waals surface area contributed by atoms with Gasteiger partial charge in [0, 0.05) is 38.3 Å². The Morgan fingerprint density at radius 2 is 1.70 bits per heavy atom. The molecule has 0 radical (unpaired) electrons. The van der Waals surface area contributed by atoms with Crippen molar-refractivity contribution in [3.8, 4) is 5.75 Å². The van der Waals surface area contributed by atoms with Crippen LogP contribution in [0.25, 0.3) is 0 Å². The van der Waals surface area contributed by atoms with E-state index in [1.54, 1.807) is 6.07 Å². The zero-order valence-corrected chi connectivity index (χ0v) is 14.7. The van der Waals surface area contributed by atoms with Crippen molar-refractivity contribution in [2.45, 2.75) is 24.9 Å². The molecule has 1 saturated heterocycles. The van der Waals surface area contributed by atoms with Crippen LogP contribution in [0.4, 0.5) is 18.9 Å². The molecule has 2 aromatic carbocycles. The lowest BCUT2D eigenvalue weighted by molar-refractivity contribution is -0.137. The van der Waals surface area contributed by atoms with E-state index < -0.39 is 24.1 Å². The van der Waals surface area contributed by atoms with Gasteiger partial charge in [-0.2, -0.15) is 13.2 Å². The Labute approximate surface area is 155 Å². The van der Waals surface area contributed by atoms with Crippen molar-refractivity contribution in [3.63, 3.8) is 0 Å². The second kappa shape index (κ2) is 7.05. The van der Waals surface area contributed by atoms with E-state index in [0.29, 0.717) is 38.3 Å². The van der Waals surface area contributed by atoms with Gasteiger partial charge in [0.15, 0.2) is 6.23 Å². The number of alkyl halides is 3. The fraction of sp³-hybridized carbons (Fsp3) is 0.400. The number of aliphatic hydroxyl groups is 1. The summed E-state index contributed by atoms with van der Waals surface area (Å²) in [5.41, 5.74) is 0.925. The maximum atomic E-state index is 12.9. The van der Waals surface area contributed by atoms with Crippen molar-refractivity contribution in [2.75, 3.05) is 31.1 Å². The predicted molar refractivity (Wildman–Crippen MR) is 95.8 cm³/mol. The first-order valence-corrected chi connectivity index (χ1v) is 9.01. The maximum Gasteiger partial charge on any atom is 0.416 e. The SMILES string of the molecule is OC1Cc2ccccc2OC1N1CCN(c2cccc(C(F)(F)F)c2)CC1. The summed E-state index contributed by atoms with van der Waals surface area (Å²) < 4.78 is 44.8. The topological polar surface area (TPSA) is 35.9 Å². The summed E-state index contributed by atoms with van der Waals surface area (Å²) in [6.07, 6.45) is -4.86. The molecule has 1 N–H and O–H groups in total. The third-order valence-electron chi connectivity index (χ3n) is 5.19. The smallest absolute Gasteiger partial charge is 0.416 e. The molecule has 0 saturated carbocycles. The van der Waals surface area contributed by atoms with Crippen molar-refractivity contribution in [1.29, 1.82) is 0 Å². The number of piperazine rings is 1. The second-order valence-electron chi connectivity index (χ2n) is 6.96. The molecule has 7 heteroatoms. The molecule has 0 bridgehead atoms. The summed E-state index contributed by atoms with van der Waals surface area (Å²) in [5, 5.41) is 10.5. The van der Waals surface area contributed by atoms with Crippen molar-refractivity contribution in [3.05, 3.63) is 59.7 Å². The Hall–Kier alpha value is -2.25. The molecule has 27 heavy (non-hydrogen) atoms. The normalized spacial score (nSPS) is 23.6. The molecule has 4 rings (SSSR count). The number of hydrogen-bond acceptors (Lipinski definition) is 4. The Kier molecular flexibility index (Phi) is 4.74. The lowest BCUT2D eigenvalue weighted by Gasteiger charge is -2.43. The van der Waals surface area contributed by atoms with E-state index in [2.05, 4.69) is 4.90 Å². The zero-order valence-electron chi connectivity index (χ0n) is 14.7. The highest BCUT2D eigenvalue weighted by Gasteiger charge is 2.35. The first kappa shape index (κ1) is 18.1. The van der Waals surface area contributed by atoms with Gasteiger partial charge in [0.2, 0.25) is 0 Å². The fourth-order valence-electron chi connectivity index (χ4n) is 3.75. The number of para-hydroxylation sites is 1. The highest BCUT2D eigenvalue weighted by atomic mass is 19.4. The minimum Gasteiger partial charge on any atom is -0.472 e. The average molecular weight is 378 g/mol. The highest BCUT2D eigenvalue weighted by molar-refractivity contribution is 5.49. The first-order chi connectivity index (χ1) is 12.9. The molecular formula is C20H21F3N2O2. The second-order valence-corrected chi connectivity index (χ2v) is 6.96. The fourth-order valence-corrected chi connectivity index (χ4v) is 3.75. The van der Waals surface area contributed by atoms with Crippen LogP contribution in [0.1, 0.15) is 11.1 Å². The number of anilines is 1. The molecule has 4 nitrogen and oxygen atoms in total. The largest absolute Gasteiger partial charge is 0.472 e. The standard InChI is InChI=1S/C20H21F3N2O2/c21-20(22,23)15-5-3-6-16(13-15)24-8-10-25(11-9-24)19-17(26)12-14-4-1-2-7-18(14)27-19/h1-7,13,17,19,26H,8-12H2. The first-order valence-electron chi connectivity index (χ1n) is 9.01. The lowest BCUT2D eigenvalue weighted by atomic mass is 10.0. The molecular weight excluding hydrogens is 357 g/mol. The Morgan fingerprint density at radius 3 is 2.44 bits per heavy atom. The van der Waals surface area contributed by atoms with Gasteiger partial charge in [-0.05, 0) is 29.8 Å². The molecule has 2 unspecified atom stereocenters. The van der Waals surface area contributed by atoms with Crippen LogP contribution in [0, 0.1) is 0 Å². The zero-order chi connectivity index (χ0) is 19.0. The summed E-state index contributed by atoms with van der Waals surface area (Å²) >= 11 is 0. The summed E-state index contributed by atoms with van der Waals surface area (Å²) in [7, 11) is 0. The molecule has 2 heterocycles. The number of hydrogen-bond donors (Lipinski definition) is 1. The van der Waals surface area contributed by atoms with Crippen LogP contribution in [-0.2, 0) is 12.6 Å². The van der Waals surface area contributed by atoms with Crippen LogP contribution < -0.4 is 9.64 Å². The summed E-state index contributed by atoms with van der Waals surface area (Å²) in [6.45, 7) is 2.38. The van der Waals surface area contributed by atoms with Crippen molar-refractivity contribution >= 4 is 5.69 Å². The molecule has 144 valence electrons. The van der Waals surface area contributed by atoms with Gasteiger partial charge in [-0.15, -0.1) is 0 Å². The van der Waals surface area contributed by atoms with Crippen LogP contribution in [0.5, 0.6) is 5.75 Å². The van der Waals surface area contributed by atoms with Gasteiger partial charge >= 0.3 is 6.18 Å². The van der Waals surface area contributed by atoms with Crippen LogP contribution in [-0.4, -0.2) is 48.5 Å². The van der Waals surface area contributed by atoms with Crippen LogP contribution in [0.2, 0.25) is 0 Å². The average Bonchev–Trinajstić information content (AvgIpc) is 2.67. The highest BCUT2D eigenvalue weighted by Crippen LogP contribution is 2.33. The number of ether oxygens (including phenoxy) is 1. The van der Waals surface area contributed by atoms with Crippen molar-refractivity contribution in [1.82, 2.24) is 4.90 Å². The summed E-state index contributed by atoms with van der Waals surface area (Å²) in [5.74, 6) is 0.785. The summed E-state index contributed by atoms with van der Waals surface area (Å²) in [4.78, 5) is 4.00. The molecule has 2 aliphatic heterocycles. The predicted octanol–water partition coefficient (Wildman–Crippen LogP) is 3.15.